The molecule has 0 aliphatic carbocycles. The van der Waals surface area contributed by atoms with Gasteiger partial charge in [0.05, 0.1) is 6.20 Å². The lowest BCUT2D eigenvalue weighted by molar-refractivity contribution is 0.202. The zero-order valence-corrected chi connectivity index (χ0v) is 16.6. The van der Waals surface area contributed by atoms with E-state index >= 15 is 0 Å². The summed E-state index contributed by atoms with van der Waals surface area (Å²) in [5.41, 5.74) is 4.22. The molecule has 4 heterocycles. The van der Waals surface area contributed by atoms with E-state index in [1.54, 1.807) is 4.68 Å². The van der Waals surface area contributed by atoms with Gasteiger partial charge in [0.2, 0.25) is 5.88 Å². The minimum Gasteiger partial charge on any atom is -0.468 e. The molecule has 1 aromatic carbocycles. The molecule has 0 saturated carbocycles. The lowest BCUT2D eigenvalue weighted by Gasteiger charge is -2.17. The molecular formula is C23H22N6O. The van der Waals surface area contributed by atoms with Gasteiger partial charge in [-0.05, 0) is 29.8 Å². The van der Waals surface area contributed by atoms with Crippen molar-refractivity contribution in [3.63, 3.8) is 0 Å². The zero-order valence-electron chi connectivity index (χ0n) is 16.6. The van der Waals surface area contributed by atoms with Gasteiger partial charge in [-0.3, -0.25) is 4.68 Å². The van der Waals surface area contributed by atoms with E-state index in [9.17, 15) is 0 Å². The SMILES string of the molecule is Cn1cc(-c2ccc(Nc3ccc4c(n3)O[C@H](c3ccccc3)CNC4)nc2)cn1. The van der Waals surface area contributed by atoms with Crippen molar-refractivity contribution in [1.29, 1.82) is 0 Å². The third kappa shape index (κ3) is 3.88. The predicted octanol–water partition coefficient (Wildman–Crippen LogP) is 3.84. The zero-order chi connectivity index (χ0) is 20.3. The first-order chi connectivity index (χ1) is 14.7. The molecule has 0 saturated heterocycles. The third-order valence-corrected chi connectivity index (χ3v) is 5.07. The number of rotatable bonds is 4. The molecule has 0 bridgehead atoms. The van der Waals surface area contributed by atoms with Crippen LogP contribution in [0.2, 0.25) is 0 Å². The van der Waals surface area contributed by atoms with Crippen LogP contribution in [-0.2, 0) is 13.6 Å². The Bertz CT molecular complexity index is 1140. The number of ether oxygens (including phenoxy) is 1. The molecule has 1 aliphatic heterocycles. The molecule has 1 atom stereocenters. The molecule has 30 heavy (non-hydrogen) atoms. The number of aryl methyl sites for hydroxylation is 1. The summed E-state index contributed by atoms with van der Waals surface area (Å²) in [7, 11) is 1.90. The largest absolute Gasteiger partial charge is 0.468 e. The van der Waals surface area contributed by atoms with Gasteiger partial charge in [0, 0.05) is 49.2 Å². The topological polar surface area (TPSA) is 76.9 Å². The van der Waals surface area contributed by atoms with Gasteiger partial charge in [-0.2, -0.15) is 10.1 Å². The highest BCUT2D eigenvalue weighted by molar-refractivity contribution is 5.63. The summed E-state index contributed by atoms with van der Waals surface area (Å²) in [6.45, 7) is 1.46. The number of aromatic nitrogens is 4. The monoisotopic (exact) mass is 398 g/mol. The van der Waals surface area contributed by atoms with Gasteiger partial charge < -0.3 is 15.4 Å². The van der Waals surface area contributed by atoms with Crippen LogP contribution in [0.5, 0.6) is 5.88 Å². The Labute approximate surface area is 174 Å². The molecule has 0 radical (unpaired) electrons. The summed E-state index contributed by atoms with van der Waals surface area (Å²) in [5, 5.41) is 10.9. The van der Waals surface area contributed by atoms with Gasteiger partial charge in [-0.1, -0.05) is 30.3 Å². The lowest BCUT2D eigenvalue weighted by atomic mass is 10.1. The van der Waals surface area contributed by atoms with Crippen LogP contribution in [0, 0.1) is 0 Å². The lowest BCUT2D eigenvalue weighted by Crippen LogP contribution is -2.21. The van der Waals surface area contributed by atoms with E-state index in [-0.39, 0.29) is 6.10 Å². The van der Waals surface area contributed by atoms with E-state index in [4.69, 9.17) is 9.72 Å². The third-order valence-electron chi connectivity index (χ3n) is 5.07. The van der Waals surface area contributed by atoms with Crippen molar-refractivity contribution < 1.29 is 4.74 Å². The first kappa shape index (κ1) is 18.3. The summed E-state index contributed by atoms with van der Waals surface area (Å²) < 4.78 is 8.03. The van der Waals surface area contributed by atoms with Crippen LogP contribution < -0.4 is 15.4 Å². The second-order valence-electron chi connectivity index (χ2n) is 7.27. The van der Waals surface area contributed by atoms with Crippen molar-refractivity contribution in [3.05, 3.63) is 84.3 Å². The van der Waals surface area contributed by atoms with Crippen LogP contribution in [0.4, 0.5) is 11.6 Å². The van der Waals surface area contributed by atoms with Gasteiger partial charge in [-0.15, -0.1) is 0 Å². The summed E-state index contributed by atoms with van der Waals surface area (Å²) in [6.07, 6.45) is 5.54. The average Bonchev–Trinajstić information content (AvgIpc) is 3.10. The minimum atomic E-state index is -0.0768. The van der Waals surface area contributed by atoms with Gasteiger partial charge in [-0.25, -0.2) is 4.98 Å². The first-order valence-corrected chi connectivity index (χ1v) is 9.89. The van der Waals surface area contributed by atoms with E-state index in [1.807, 2.05) is 68.1 Å². The summed E-state index contributed by atoms with van der Waals surface area (Å²) in [5.74, 6) is 2.07. The number of hydrogen-bond acceptors (Lipinski definition) is 6. The second-order valence-corrected chi connectivity index (χ2v) is 7.27. The quantitative estimate of drug-likeness (QED) is 0.544. The molecule has 150 valence electrons. The van der Waals surface area contributed by atoms with Crippen LogP contribution in [-0.4, -0.2) is 26.3 Å². The average molecular weight is 398 g/mol. The number of nitrogens with zero attached hydrogens (tertiary/aromatic N) is 4. The van der Waals surface area contributed by atoms with Crippen molar-refractivity contribution >= 4 is 11.6 Å². The Morgan fingerprint density at radius 1 is 1.00 bits per heavy atom. The highest BCUT2D eigenvalue weighted by Crippen LogP contribution is 2.28. The predicted molar refractivity (Wildman–Crippen MR) is 115 cm³/mol. The Balaban J connectivity index is 1.34. The number of hydrogen-bond donors (Lipinski definition) is 2. The molecule has 0 amide bonds. The van der Waals surface area contributed by atoms with Gasteiger partial charge in [0.1, 0.15) is 17.7 Å². The number of nitrogens with one attached hydrogen (secondary N) is 2. The van der Waals surface area contributed by atoms with E-state index in [0.29, 0.717) is 11.7 Å². The van der Waals surface area contributed by atoms with E-state index in [0.717, 1.165) is 41.2 Å². The maximum absolute atomic E-state index is 6.26. The fraction of sp³-hybridized carbons (Fsp3) is 0.174. The standard InChI is InChI=1S/C23H22N6O/c1-29-15-19(13-26-29)17-7-9-21(25-12-17)27-22-10-8-18-11-24-14-20(30-23(18)28-22)16-5-3-2-4-6-16/h2-10,12-13,15,20,24H,11,14H2,1H3,(H,25,27,28)/t20-/m0/s1. The van der Waals surface area contributed by atoms with E-state index in [1.165, 1.54) is 0 Å². The first-order valence-electron chi connectivity index (χ1n) is 9.89. The van der Waals surface area contributed by atoms with Crippen LogP contribution >= 0.6 is 0 Å². The van der Waals surface area contributed by atoms with Crippen molar-refractivity contribution in [1.82, 2.24) is 25.1 Å². The Morgan fingerprint density at radius 3 is 2.63 bits per heavy atom. The molecule has 2 N–H and O–H groups in total. The number of pyridine rings is 2. The fourth-order valence-electron chi connectivity index (χ4n) is 3.48. The van der Waals surface area contributed by atoms with Gasteiger partial charge in [0.15, 0.2) is 0 Å². The number of fused-ring (bicyclic) bond motifs is 1. The summed E-state index contributed by atoms with van der Waals surface area (Å²) >= 11 is 0. The maximum Gasteiger partial charge on any atom is 0.220 e. The number of anilines is 2. The van der Waals surface area contributed by atoms with Crippen LogP contribution in [0.25, 0.3) is 11.1 Å². The minimum absolute atomic E-state index is 0.0768. The summed E-state index contributed by atoms with van der Waals surface area (Å²) in [4.78, 5) is 9.21. The van der Waals surface area contributed by atoms with Crippen molar-refractivity contribution in [2.24, 2.45) is 7.05 Å². The highest BCUT2D eigenvalue weighted by Gasteiger charge is 2.20. The van der Waals surface area contributed by atoms with Crippen molar-refractivity contribution in [2.45, 2.75) is 12.6 Å². The molecule has 1 aliphatic rings. The molecule has 5 rings (SSSR count). The molecule has 0 spiro atoms. The summed E-state index contributed by atoms with van der Waals surface area (Å²) in [6, 6.07) is 18.1. The maximum atomic E-state index is 6.26. The molecule has 3 aromatic heterocycles. The van der Waals surface area contributed by atoms with Gasteiger partial charge in [0.25, 0.3) is 0 Å². The van der Waals surface area contributed by atoms with Crippen molar-refractivity contribution in [3.8, 4) is 17.0 Å². The normalized spacial score (nSPS) is 15.7. The van der Waals surface area contributed by atoms with Crippen molar-refractivity contribution in [2.75, 3.05) is 11.9 Å². The van der Waals surface area contributed by atoms with Gasteiger partial charge >= 0.3 is 0 Å². The Morgan fingerprint density at radius 2 is 1.87 bits per heavy atom. The van der Waals surface area contributed by atoms with Crippen LogP contribution in [0.1, 0.15) is 17.2 Å². The van der Waals surface area contributed by atoms with E-state index < -0.39 is 0 Å². The Hall–Kier alpha value is -3.71. The highest BCUT2D eigenvalue weighted by atomic mass is 16.5. The van der Waals surface area contributed by atoms with Crippen LogP contribution in [0.15, 0.2) is 73.2 Å². The molecule has 0 unspecified atom stereocenters. The smallest absolute Gasteiger partial charge is 0.220 e. The molecule has 7 heteroatoms. The second kappa shape index (κ2) is 7.96. The Kier molecular flexibility index (Phi) is 4.86. The molecular weight excluding hydrogens is 376 g/mol. The van der Waals surface area contributed by atoms with E-state index in [2.05, 4.69) is 32.8 Å². The molecule has 7 nitrogen and oxygen atoms in total. The fourth-order valence-corrected chi connectivity index (χ4v) is 3.48. The molecule has 0 fully saturated rings. The number of benzene rings is 1. The molecule has 4 aromatic rings. The van der Waals surface area contributed by atoms with Crippen LogP contribution in [0.3, 0.4) is 0 Å².